The van der Waals surface area contributed by atoms with Gasteiger partial charge in [0.1, 0.15) is 0 Å². The molecule has 1 aliphatic carbocycles. The number of hydrogen-bond acceptors (Lipinski definition) is 0. The van der Waals surface area contributed by atoms with Gasteiger partial charge in [0.2, 0.25) is 0 Å². The molecule has 4 heteroatoms. The fraction of sp³-hybridized carbons (Fsp3) is 0.278. The molecule has 0 spiro atoms. The molecule has 0 heterocycles. The van der Waals surface area contributed by atoms with Crippen LogP contribution in [-0.2, 0) is 0 Å². The van der Waals surface area contributed by atoms with Gasteiger partial charge in [0.15, 0.2) is 11.6 Å². The van der Waals surface area contributed by atoms with E-state index in [2.05, 4.69) is 12.5 Å². The van der Waals surface area contributed by atoms with Crippen LogP contribution in [0.5, 0.6) is 0 Å². The minimum Gasteiger partial charge on any atom is -0.328 e. The first-order valence-electron chi connectivity index (χ1n) is 7.00. The Kier molecular flexibility index (Phi) is 11.8. The fourth-order valence-electron chi connectivity index (χ4n) is 2.15. The zero-order chi connectivity index (χ0) is 14.2. The van der Waals surface area contributed by atoms with E-state index in [0.29, 0.717) is 5.56 Å². The Bertz CT molecular complexity index is 516. The van der Waals surface area contributed by atoms with Crippen molar-refractivity contribution in [3.63, 3.8) is 0 Å². The van der Waals surface area contributed by atoms with E-state index >= 15 is 0 Å². The molecule has 0 unspecified atom stereocenters. The molecule has 1 aliphatic rings. The topological polar surface area (TPSA) is 0 Å². The second kappa shape index (κ2) is 12.0. The SMILES string of the molecule is Br.Fc1ccc(-c2cc[c-]cc2)cc1F.[CH-]1CCCCC1.[Mg+2]. The van der Waals surface area contributed by atoms with E-state index in [9.17, 15) is 8.78 Å². The Hall–Kier alpha value is -0.454. The van der Waals surface area contributed by atoms with Crippen LogP contribution in [0.4, 0.5) is 8.78 Å². The minimum atomic E-state index is -0.824. The fourth-order valence-corrected chi connectivity index (χ4v) is 2.15. The molecule has 3 rings (SSSR count). The van der Waals surface area contributed by atoms with Gasteiger partial charge < -0.3 is 6.42 Å². The van der Waals surface area contributed by atoms with Crippen LogP contribution >= 0.6 is 17.0 Å². The van der Waals surface area contributed by atoms with Crippen LogP contribution < -0.4 is 0 Å². The maximum absolute atomic E-state index is 12.9. The number of benzene rings is 2. The maximum Gasteiger partial charge on any atom is 2.00 e. The summed E-state index contributed by atoms with van der Waals surface area (Å²) >= 11 is 0. The largest absolute Gasteiger partial charge is 2.00 e. The first-order chi connectivity index (χ1) is 9.77. The van der Waals surface area contributed by atoms with Gasteiger partial charge in [-0.25, -0.2) is 8.78 Å². The predicted octanol–water partition coefficient (Wildman–Crippen LogP) is 5.78. The van der Waals surface area contributed by atoms with E-state index in [-0.39, 0.29) is 40.0 Å². The summed E-state index contributed by atoms with van der Waals surface area (Å²) in [6, 6.07) is 13.8. The first kappa shape index (κ1) is 21.5. The standard InChI is InChI=1S/C12H7F2.C6H11.BrH.Mg/c13-11-7-6-10(8-12(11)14)9-4-2-1-3-5-9;1-2-4-6-5-3-1;;/h2-8H;1H,2-6H2;1H;/q2*-1;;+2. The summed E-state index contributed by atoms with van der Waals surface area (Å²) in [5.41, 5.74) is 1.51. The van der Waals surface area contributed by atoms with Gasteiger partial charge in [-0.2, -0.15) is 43.2 Å². The molecule has 1 fully saturated rings. The van der Waals surface area contributed by atoms with Crippen molar-refractivity contribution in [2.75, 3.05) is 0 Å². The van der Waals surface area contributed by atoms with E-state index in [1.54, 1.807) is 30.3 Å². The zero-order valence-corrected chi connectivity index (χ0v) is 15.7. The summed E-state index contributed by atoms with van der Waals surface area (Å²) in [4.78, 5) is 0. The van der Waals surface area contributed by atoms with Crippen LogP contribution in [-0.4, -0.2) is 23.1 Å². The predicted molar refractivity (Wildman–Crippen MR) is 94.1 cm³/mol. The third-order valence-corrected chi connectivity index (χ3v) is 3.29. The Morgan fingerprint density at radius 3 is 1.91 bits per heavy atom. The number of halogens is 3. The molecule has 22 heavy (non-hydrogen) atoms. The van der Waals surface area contributed by atoms with Crippen molar-refractivity contribution in [3.8, 4) is 11.1 Å². The molecule has 0 nitrogen and oxygen atoms in total. The molecule has 0 aliphatic heterocycles. The van der Waals surface area contributed by atoms with E-state index in [0.717, 1.165) is 11.6 Å². The molecule has 0 radical (unpaired) electrons. The molecule has 114 valence electrons. The van der Waals surface area contributed by atoms with Gasteiger partial charge in [-0.05, 0) is 17.7 Å². The van der Waals surface area contributed by atoms with Gasteiger partial charge >= 0.3 is 23.1 Å². The maximum atomic E-state index is 12.9. The van der Waals surface area contributed by atoms with E-state index in [1.165, 1.54) is 38.2 Å². The molecule has 0 bridgehead atoms. The molecule has 1 saturated carbocycles. The molecule has 0 atom stereocenters. The van der Waals surface area contributed by atoms with Crippen LogP contribution in [0, 0.1) is 24.1 Å². The summed E-state index contributed by atoms with van der Waals surface area (Å²) in [5.74, 6) is -1.65. The van der Waals surface area contributed by atoms with Crippen LogP contribution in [0.15, 0.2) is 42.5 Å². The number of rotatable bonds is 1. The number of hydrogen-bond donors (Lipinski definition) is 0. The van der Waals surface area contributed by atoms with Gasteiger partial charge in [0, 0.05) is 0 Å². The van der Waals surface area contributed by atoms with Gasteiger partial charge in [0.25, 0.3) is 0 Å². The van der Waals surface area contributed by atoms with Crippen molar-refractivity contribution in [3.05, 3.63) is 66.6 Å². The molecule has 0 N–H and O–H groups in total. The van der Waals surface area contributed by atoms with Crippen molar-refractivity contribution >= 4 is 40.0 Å². The average molecular weight is 378 g/mol. The summed E-state index contributed by atoms with van der Waals surface area (Å²) in [5, 5.41) is 0. The van der Waals surface area contributed by atoms with Crippen molar-refractivity contribution in [2.24, 2.45) is 0 Å². The molecule has 2 aromatic rings. The molecule has 0 saturated heterocycles. The van der Waals surface area contributed by atoms with Crippen LogP contribution in [0.1, 0.15) is 32.1 Å². The summed E-state index contributed by atoms with van der Waals surface area (Å²) in [7, 11) is 0. The molecule has 0 amide bonds. The second-order valence-electron chi connectivity index (χ2n) is 4.84. The zero-order valence-electron chi connectivity index (χ0n) is 12.5. The Balaban J connectivity index is 0.000000472. The van der Waals surface area contributed by atoms with Crippen molar-refractivity contribution in [2.45, 2.75) is 32.1 Å². The molecular formula is C18H19BrF2Mg. The Morgan fingerprint density at radius 1 is 0.818 bits per heavy atom. The van der Waals surface area contributed by atoms with Crippen molar-refractivity contribution < 1.29 is 8.78 Å². The van der Waals surface area contributed by atoms with E-state index in [1.807, 2.05) is 0 Å². The normalized spacial score (nSPS) is 13.0. The van der Waals surface area contributed by atoms with Crippen molar-refractivity contribution in [1.29, 1.82) is 0 Å². The Labute approximate surface area is 158 Å². The van der Waals surface area contributed by atoms with Gasteiger partial charge in [-0.15, -0.1) is 22.5 Å². The van der Waals surface area contributed by atoms with Gasteiger partial charge in [-0.3, -0.25) is 0 Å². The van der Waals surface area contributed by atoms with Gasteiger partial charge in [-0.1, -0.05) is 25.3 Å². The summed E-state index contributed by atoms with van der Waals surface area (Å²) in [6.45, 7) is 0. The molecular weight excluding hydrogens is 358 g/mol. The molecule has 0 aromatic heterocycles. The van der Waals surface area contributed by atoms with Crippen LogP contribution in [0.3, 0.4) is 0 Å². The third-order valence-electron chi connectivity index (χ3n) is 3.29. The third kappa shape index (κ3) is 7.21. The van der Waals surface area contributed by atoms with E-state index < -0.39 is 11.6 Å². The van der Waals surface area contributed by atoms with Crippen LogP contribution in [0.2, 0.25) is 0 Å². The second-order valence-corrected chi connectivity index (χ2v) is 4.84. The Morgan fingerprint density at radius 2 is 1.45 bits per heavy atom. The first-order valence-corrected chi connectivity index (χ1v) is 7.00. The van der Waals surface area contributed by atoms with Gasteiger partial charge in [0.05, 0.1) is 0 Å². The summed E-state index contributed by atoms with van der Waals surface area (Å²) < 4.78 is 25.5. The quantitative estimate of drug-likeness (QED) is 0.436. The smallest absolute Gasteiger partial charge is 0.328 e. The van der Waals surface area contributed by atoms with E-state index in [4.69, 9.17) is 0 Å². The minimum absolute atomic E-state index is 0. The average Bonchev–Trinajstić information content (AvgIpc) is 2.53. The monoisotopic (exact) mass is 376 g/mol. The van der Waals surface area contributed by atoms with Crippen LogP contribution in [0.25, 0.3) is 11.1 Å². The molecule has 2 aromatic carbocycles. The summed E-state index contributed by atoms with van der Waals surface area (Å²) in [6.07, 6.45) is 9.50. The van der Waals surface area contributed by atoms with Crippen molar-refractivity contribution in [1.82, 2.24) is 0 Å².